The number of aromatic nitrogens is 6. The predicted molar refractivity (Wildman–Crippen MR) is 125 cm³/mol. The lowest BCUT2D eigenvalue weighted by Crippen LogP contribution is -2.57. The summed E-state index contributed by atoms with van der Waals surface area (Å²) in [5, 5.41) is 14.7. The highest BCUT2D eigenvalue weighted by molar-refractivity contribution is 5.89. The molecule has 1 aromatic carbocycles. The molecule has 37 heavy (non-hydrogen) atoms. The van der Waals surface area contributed by atoms with Gasteiger partial charge >= 0.3 is 0 Å². The average Bonchev–Trinajstić information content (AvgIpc) is 3.38. The van der Waals surface area contributed by atoms with Gasteiger partial charge in [-0.3, -0.25) is 4.90 Å². The zero-order valence-corrected chi connectivity index (χ0v) is 19.3. The van der Waals surface area contributed by atoms with Crippen molar-refractivity contribution in [3.8, 4) is 17.0 Å². The Morgan fingerprint density at radius 2 is 2.19 bits per heavy atom. The monoisotopic (exact) mass is 523 g/mol. The second-order valence-electron chi connectivity index (χ2n) is 9.10. The Hall–Kier alpha value is -3.52. The molecule has 1 N–H and O–H groups in total. The largest absolute Gasteiger partial charge is 0.479 e. The highest BCUT2D eigenvalue weighted by atomic mass is 19.3. The van der Waals surface area contributed by atoms with Gasteiger partial charge in [-0.25, -0.2) is 26.8 Å². The molecule has 2 atom stereocenters. The lowest BCUT2D eigenvalue weighted by atomic mass is 10.0. The minimum atomic E-state index is -2.95. The van der Waals surface area contributed by atoms with E-state index in [9.17, 15) is 8.78 Å². The van der Waals surface area contributed by atoms with Gasteiger partial charge in [-0.1, -0.05) is 11.3 Å². The second kappa shape index (κ2) is 9.41. The van der Waals surface area contributed by atoms with Crippen molar-refractivity contribution in [2.45, 2.75) is 37.6 Å². The molecule has 2 saturated heterocycles. The molecule has 0 radical (unpaired) electrons. The van der Waals surface area contributed by atoms with Gasteiger partial charge in [-0.15, -0.1) is 10.2 Å². The summed E-state index contributed by atoms with van der Waals surface area (Å²) in [5.41, 5.74) is 0.524. The van der Waals surface area contributed by atoms with Gasteiger partial charge in [0.15, 0.2) is 5.82 Å². The van der Waals surface area contributed by atoms with Crippen molar-refractivity contribution in [2.24, 2.45) is 0 Å². The standard InChI is InChI=1S/C23H24F4N8O2/c1-36-22-21-20(12-2-3-17-18(6-12)34(32-30-17)9-19(26)27)15(25)8-35(21)31-23(29-22)28-16-4-5-33(7-14(16)24)13-10-37-11-13/h2-3,6,8,13-14,16,19H,4-5,7,9-11H2,1H3,(H,28,31)/t14-,16-/m1/s1/i1D3. The topological polar surface area (TPSA) is 94.6 Å². The Morgan fingerprint density at radius 1 is 1.32 bits per heavy atom. The number of piperidine rings is 1. The van der Waals surface area contributed by atoms with E-state index in [1.165, 1.54) is 18.2 Å². The third-order valence-electron chi connectivity index (χ3n) is 6.79. The maximum Gasteiger partial charge on any atom is 0.258 e. The van der Waals surface area contributed by atoms with Crippen LogP contribution in [0.3, 0.4) is 0 Å². The molecule has 5 heterocycles. The molecule has 10 nitrogen and oxygen atoms in total. The molecule has 2 aliphatic heterocycles. The summed E-state index contributed by atoms with van der Waals surface area (Å²) < 4.78 is 91.7. The number of rotatable bonds is 7. The van der Waals surface area contributed by atoms with Crippen LogP contribution in [0.2, 0.25) is 0 Å². The fourth-order valence-electron chi connectivity index (χ4n) is 4.84. The number of benzene rings is 1. The van der Waals surface area contributed by atoms with E-state index in [-0.39, 0.29) is 40.7 Å². The van der Waals surface area contributed by atoms with E-state index >= 15 is 8.78 Å². The van der Waals surface area contributed by atoms with Gasteiger partial charge in [-0.05, 0) is 24.1 Å². The molecule has 0 aliphatic carbocycles. The molecule has 0 spiro atoms. The molecule has 2 fully saturated rings. The number of hydrogen-bond acceptors (Lipinski definition) is 8. The van der Waals surface area contributed by atoms with Gasteiger partial charge in [0.2, 0.25) is 11.8 Å². The summed E-state index contributed by atoms with van der Waals surface area (Å²) in [7, 11) is -2.95. The third kappa shape index (κ3) is 4.33. The maximum atomic E-state index is 15.4. The molecule has 14 heteroatoms. The maximum absolute atomic E-state index is 15.4. The van der Waals surface area contributed by atoms with Crippen LogP contribution in [0.5, 0.6) is 5.88 Å². The Balaban J connectivity index is 1.37. The molecule has 0 amide bonds. The lowest BCUT2D eigenvalue weighted by molar-refractivity contribution is -0.0794. The number of nitrogens with zero attached hydrogens (tertiary/aromatic N) is 7. The summed E-state index contributed by atoms with van der Waals surface area (Å²) in [4.78, 5) is 6.20. The number of fused-ring (bicyclic) bond motifs is 2. The summed E-state index contributed by atoms with van der Waals surface area (Å²) >= 11 is 0. The SMILES string of the molecule is [2H]C([2H])([2H])Oc1nc(N[C@@H]2CCN(C3COC3)C[C@H]2F)nn2cc(F)c(-c3ccc4nnn(CC(F)F)c4c3)c12. The van der Waals surface area contributed by atoms with Crippen LogP contribution in [0.15, 0.2) is 24.4 Å². The van der Waals surface area contributed by atoms with Crippen molar-refractivity contribution in [1.29, 1.82) is 0 Å². The fraction of sp³-hybridized carbons (Fsp3) is 0.478. The van der Waals surface area contributed by atoms with Crippen molar-refractivity contribution in [1.82, 2.24) is 34.5 Å². The minimum absolute atomic E-state index is 0.108. The normalized spacial score (nSPS) is 22.7. The molecule has 4 aromatic rings. The molecule has 196 valence electrons. The van der Waals surface area contributed by atoms with Gasteiger partial charge < -0.3 is 14.8 Å². The molecule has 0 unspecified atom stereocenters. The number of nitrogens with one attached hydrogen (secondary N) is 1. The van der Waals surface area contributed by atoms with E-state index in [4.69, 9.17) is 13.6 Å². The highest BCUT2D eigenvalue weighted by Gasteiger charge is 2.36. The smallest absolute Gasteiger partial charge is 0.258 e. The first-order chi connectivity index (χ1) is 19.1. The number of alkyl halides is 3. The van der Waals surface area contributed by atoms with Gasteiger partial charge in [0.05, 0.1) is 53.7 Å². The number of anilines is 1. The highest BCUT2D eigenvalue weighted by Crippen LogP contribution is 2.35. The van der Waals surface area contributed by atoms with Gasteiger partial charge in [-0.2, -0.15) is 4.98 Å². The summed E-state index contributed by atoms with van der Waals surface area (Å²) in [5.74, 6) is -1.40. The van der Waals surface area contributed by atoms with Crippen molar-refractivity contribution in [2.75, 3.05) is 38.7 Å². The van der Waals surface area contributed by atoms with E-state index in [2.05, 4.69) is 25.7 Å². The molecular formula is C23H24F4N8O2. The summed E-state index contributed by atoms with van der Waals surface area (Å²) in [6.45, 7) is 1.23. The van der Waals surface area contributed by atoms with Crippen molar-refractivity contribution < 1.29 is 31.1 Å². The second-order valence-corrected chi connectivity index (χ2v) is 9.10. The van der Waals surface area contributed by atoms with Gasteiger partial charge in [0, 0.05) is 13.1 Å². The van der Waals surface area contributed by atoms with Crippen LogP contribution in [0.1, 0.15) is 10.5 Å². The zero-order chi connectivity index (χ0) is 28.2. The van der Waals surface area contributed by atoms with Crippen LogP contribution in [0.25, 0.3) is 27.7 Å². The summed E-state index contributed by atoms with van der Waals surface area (Å²) in [6, 6.07) is 3.90. The molecule has 0 saturated carbocycles. The quantitative estimate of drug-likeness (QED) is 0.370. The number of halogens is 4. The van der Waals surface area contributed by atoms with Crippen LogP contribution in [-0.4, -0.2) is 92.5 Å². The van der Waals surface area contributed by atoms with Crippen LogP contribution < -0.4 is 10.1 Å². The number of likely N-dealkylation sites (tertiary alicyclic amines) is 1. The van der Waals surface area contributed by atoms with Crippen LogP contribution >= 0.6 is 0 Å². The van der Waals surface area contributed by atoms with Crippen LogP contribution in [-0.2, 0) is 11.3 Å². The van der Waals surface area contributed by atoms with Crippen molar-refractivity contribution >= 4 is 22.5 Å². The Bertz CT molecular complexity index is 1540. The number of hydrogen-bond donors (Lipinski definition) is 1. The minimum Gasteiger partial charge on any atom is -0.479 e. The average molecular weight is 524 g/mol. The van der Waals surface area contributed by atoms with Crippen LogP contribution in [0.4, 0.5) is 23.5 Å². The molecule has 0 bridgehead atoms. The predicted octanol–water partition coefficient (Wildman–Crippen LogP) is 2.78. The fourth-order valence-corrected chi connectivity index (χ4v) is 4.84. The molecule has 2 aliphatic rings. The number of ether oxygens (including phenoxy) is 2. The van der Waals surface area contributed by atoms with E-state index in [1.54, 1.807) is 0 Å². The van der Waals surface area contributed by atoms with Gasteiger partial charge in [0.25, 0.3) is 6.43 Å². The van der Waals surface area contributed by atoms with E-state index in [0.29, 0.717) is 31.7 Å². The van der Waals surface area contributed by atoms with Gasteiger partial charge in [0.1, 0.15) is 23.7 Å². The van der Waals surface area contributed by atoms with E-state index < -0.39 is 43.9 Å². The Kier molecular flexibility index (Phi) is 5.22. The first-order valence-electron chi connectivity index (χ1n) is 13.2. The van der Waals surface area contributed by atoms with Crippen molar-refractivity contribution in [3.63, 3.8) is 0 Å². The number of methoxy groups -OCH3 is 1. The molecular weight excluding hydrogens is 496 g/mol. The Morgan fingerprint density at radius 3 is 2.92 bits per heavy atom. The van der Waals surface area contributed by atoms with Crippen LogP contribution in [0, 0.1) is 5.82 Å². The molecule has 3 aromatic heterocycles. The first-order valence-corrected chi connectivity index (χ1v) is 11.7. The zero-order valence-electron chi connectivity index (χ0n) is 22.3. The summed E-state index contributed by atoms with van der Waals surface area (Å²) in [6.07, 6.45) is -2.52. The Labute approximate surface area is 212 Å². The van der Waals surface area contributed by atoms with Crippen molar-refractivity contribution in [3.05, 3.63) is 30.2 Å². The van der Waals surface area contributed by atoms with E-state index in [1.807, 2.05) is 4.90 Å². The third-order valence-corrected chi connectivity index (χ3v) is 6.79. The molecule has 6 rings (SSSR count). The lowest BCUT2D eigenvalue weighted by Gasteiger charge is -2.42. The van der Waals surface area contributed by atoms with E-state index in [0.717, 1.165) is 15.4 Å². The first kappa shape index (κ1) is 20.5.